The predicted octanol–water partition coefficient (Wildman–Crippen LogP) is 2.19. The summed E-state index contributed by atoms with van der Waals surface area (Å²) in [6, 6.07) is 2.75. The third-order valence-corrected chi connectivity index (χ3v) is 1.66. The van der Waals surface area contributed by atoms with Gasteiger partial charge in [0.15, 0.2) is 11.6 Å². The normalized spacial score (nSPS) is 9.93. The first-order valence-electron chi connectivity index (χ1n) is 3.90. The molecule has 5 heteroatoms. The molecule has 0 saturated heterocycles. The highest BCUT2D eigenvalue weighted by Gasteiger charge is 2.09. The smallest absolute Gasteiger partial charge is 0.312 e. The summed E-state index contributed by atoms with van der Waals surface area (Å²) in [4.78, 5) is 10.9. The number of hydrogen-bond acceptors (Lipinski definition) is 3. The van der Waals surface area contributed by atoms with Crippen molar-refractivity contribution in [3.8, 4) is 5.75 Å². The van der Waals surface area contributed by atoms with Gasteiger partial charge in [0.25, 0.3) is 0 Å². The van der Waals surface area contributed by atoms with E-state index in [-0.39, 0.29) is 12.2 Å². The Morgan fingerprint density at radius 1 is 1.43 bits per heavy atom. The Hall–Kier alpha value is -1.10. The van der Waals surface area contributed by atoms with Crippen molar-refractivity contribution in [2.45, 2.75) is 6.42 Å². The molecule has 0 unspecified atom stereocenters. The van der Waals surface area contributed by atoms with E-state index in [4.69, 9.17) is 0 Å². The molecule has 0 radical (unpaired) electrons. The Morgan fingerprint density at radius 3 is 2.71 bits per heavy atom. The van der Waals surface area contributed by atoms with Gasteiger partial charge in [-0.15, -0.1) is 0 Å². The van der Waals surface area contributed by atoms with Crippen LogP contribution in [0.5, 0.6) is 5.75 Å². The van der Waals surface area contributed by atoms with E-state index in [9.17, 15) is 13.6 Å². The Kier molecular flexibility index (Phi) is 3.88. The maximum absolute atomic E-state index is 12.9. The standard InChI is InChI=1S/C9H8F2O2S/c10-6-1-2-8(7(11)5-6)13-9(12)3-4-14/h1-2,5,14H,3-4H2. The molecule has 0 aliphatic carbocycles. The van der Waals surface area contributed by atoms with Crippen molar-refractivity contribution in [2.75, 3.05) is 5.75 Å². The number of rotatable bonds is 3. The van der Waals surface area contributed by atoms with Gasteiger partial charge in [-0.2, -0.15) is 12.6 Å². The molecule has 0 bridgehead atoms. The molecule has 0 atom stereocenters. The van der Waals surface area contributed by atoms with Gasteiger partial charge in [-0.1, -0.05) is 0 Å². The topological polar surface area (TPSA) is 26.3 Å². The minimum atomic E-state index is -0.891. The highest BCUT2D eigenvalue weighted by atomic mass is 32.1. The van der Waals surface area contributed by atoms with Crippen LogP contribution in [0.15, 0.2) is 18.2 Å². The van der Waals surface area contributed by atoms with E-state index in [1.54, 1.807) is 0 Å². The van der Waals surface area contributed by atoms with Crippen LogP contribution in [0.25, 0.3) is 0 Å². The van der Waals surface area contributed by atoms with Crippen LogP contribution in [0.3, 0.4) is 0 Å². The molecule has 0 heterocycles. The minimum absolute atomic E-state index is 0.0833. The first-order chi connectivity index (χ1) is 6.63. The molecule has 1 aromatic rings. The fourth-order valence-electron chi connectivity index (χ4n) is 0.823. The van der Waals surface area contributed by atoms with Crippen molar-refractivity contribution >= 4 is 18.6 Å². The van der Waals surface area contributed by atoms with Crippen LogP contribution in [0.1, 0.15) is 6.42 Å². The van der Waals surface area contributed by atoms with Crippen molar-refractivity contribution in [2.24, 2.45) is 0 Å². The molecule has 0 aliphatic rings. The third-order valence-electron chi connectivity index (χ3n) is 1.43. The summed E-state index contributed by atoms with van der Waals surface area (Å²) >= 11 is 3.81. The van der Waals surface area contributed by atoms with E-state index >= 15 is 0 Å². The van der Waals surface area contributed by atoms with Crippen molar-refractivity contribution in [1.82, 2.24) is 0 Å². The fourth-order valence-corrected chi connectivity index (χ4v) is 1.01. The lowest BCUT2D eigenvalue weighted by molar-refractivity contribution is -0.134. The second kappa shape index (κ2) is 4.95. The molecule has 0 fully saturated rings. The molecule has 1 rings (SSSR count). The van der Waals surface area contributed by atoms with Gasteiger partial charge >= 0.3 is 5.97 Å². The van der Waals surface area contributed by atoms with Crippen LogP contribution < -0.4 is 4.74 Å². The SMILES string of the molecule is O=C(CCS)Oc1ccc(F)cc1F. The Balaban J connectivity index is 2.72. The second-order valence-electron chi connectivity index (χ2n) is 2.52. The molecule has 76 valence electrons. The third kappa shape index (κ3) is 2.99. The van der Waals surface area contributed by atoms with Crippen LogP contribution in [-0.2, 0) is 4.79 Å². The Labute approximate surface area is 85.3 Å². The van der Waals surface area contributed by atoms with E-state index in [1.165, 1.54) is 0 Å². The Bertz CT molecular complexity index is 342. The van der Waals surface area contributed by atoms with Gasteiger partial charge < -0.3 is 4.74 Å². The number of hydrogen-bond donors (Lipinski definition) is 1. The van der Waals surface area contributed by atoms with Crippen LogP contribution in [0, 0.1) is 11.6 Å². The molecule has 0 amide bonds. The molecule has 0 saturated carbocycles. The van der Waals surface area contributed by atoms with Crippen LogP contribution in [0.4, 0.5) is 8.78 Å². The molecule has 1 aromatic carbocycles. The molecular formula is C9H8F2O2S. The highest BCUT2D eigenvalue weighted by Crippen LogP contribution is 2.17. The summed E-state index contributed by atoms with van der Waals surface area (Å²) in [5.41, 5.74) is 0. The number of halogens is 2. The lowest BCUT2D eigenvalue weighted by atomic mass is 10.3. The lowest BCUT2D eigenvalue weighted by Crippen LogP contribution is -2.09. The summed E-state index contributed by atoms with van der Waals surface area (Å²) in [6.07, 6.45) is 0.0833. The van der Waals surface area contributed by atoms with E-state index < -0.39 is 17.6 Å². The Morgan fingerprint density at radius 2 is 2.14 bits per heavy atom. The average molecular weight is 218 g/mol. The molecule has 0 N–H and O–H groups in total. The fraction of sp³-hybridized carbons (Fsp3) is 0.222. The first kappa shape index (κ1) is 11.0. The zero-order valence-electron chi connectivity index (χ0n) is 7.17. The van der Waals surface area contributed by atoms with Crippen LogP contribution >= 0.6 is 12.6 Å². The second-order valence-corrected chi connectivity index (χ2v) is 2.97. The molecule has 0 spiro atoms. The molecule has 0 aliphatic heterocycles. The first-order valence-corrected chi connectivity index (χ1v) is 4.53. The zero-order chi connectivity index (χ0) is 10.6. The van der Waals surface area contributed by atoms with E-state index in [0.717, 1.165) is 12.1 Å². The van der Waals surface area contributed by atoms with Crippen molar-refractivity contribution in [1.29, 1.82) is 0 Å². The monoisotopic (exact) mass is 218 g/mol. The van der Waals surface area contributed by atoms with Gasteiger partial charge in [0.2, 0.25) is 0 Å². The maximum Gasteiger partial charge on any atom is 0.312 e. The van der Waals surface area contributed by atoms with E-state index in [2.05, 4.69) is 17.4 Å². The predicted molar refractivity (Wildman–Crippen MR) is 50.5 cm³/mol. The van der Waals surface area contributed by atoms with E-state index in [1.807, 2.05) is 0 Å². The molecule has 0 aromatic heterocycles. The summed E-state index contributed by atoms with van der Waals surface area (Å²) in [5.74, 6) is -2.14. The van der Waals surface area contributed by atoms with Crippen LogP contribution in [0.2, 0.25) is 0 Å². The number of esters is 1. The van der Waals surface area contributed by atoms with Gasteiger partial charge in [-0.3, -0.25) is 4.79 Å². The molecule has 2 nitrogen and oxygen atoms in total. The number of carbonyl (C=O) groups excluding carboxylic acids is 1. The minimum Gasteiger partial charge on any atom is -0.423 e. The summed E-state index contributed by atoms with van der Waals surface area (Å²) < 4.78 is 30.0. The number of benzene rings is 1. The quantitative estimate of drug-likeness (QED) is 0.478. The summed E-state index contributed by atoms with van der Waals surface area (Å²) in [5, 5.41) is 0. The average Bonchev–Trinajstić information content (AvgIpc) is 2.10. The zero-order valence-corrected chi connectivity index (χ0v) is 8.06. The highest BCUT2D eigenvalue weighted by molar-refractivity contribution is 7.80. The van der Waals surface area contributed by atoms with E-state index in [0.29, 0.717) is 11.8 Å². The number of thiol groups is 1. The largest absolute Gasteiger partial charge is 0.423 e. The van der Waals surface area contributed by atoms with Crippen molar-refractivity contribution < 1.29 is 18.3 Å². The van der Waals surface area contributed by atoms with Crippen molar-refractivity contribution in [3.63, 3.8) is 0 Å². The van der Waals surface area contributed by atoms with Gasteiger partial charge in [0, 0.05) is 11.8 Å². The number of carbonyl (C=O) groups is 1. The van der Waals surface area contributed by atoms with Gasteiger partial charge in [0.05, 0.1) is 6.42 Å². The maximum atomic E-state index is 12.9. The summed E-state index contributed by atoms with van der Waals surface area (Å²) in [7, 11) is 0. The lowest BCUT2D eigenvalue weighted by Gasteiger charge is -2.03. The number of ether oxygens (including phenoxy) is 1. The van der Waals surface area contributed by atoms with Gasteiger partial charge in [-0.25, -0.2) is 8.78 Å². The van der Waals surface area contributed by atoms with Gasteiger partial charge in [-0.05, 0) is 12.1 Å². The molecule has 14 heavy (non-hydrogen) atoms. The van der Waals surface area contributed by atoms with Crippen LogP contribution in [-0.4, -0.2) is 11.7 Å². The van der Waals surface area contributed by atoms with Gasteiger partial charge in [0.1, 0.15) is 5.82 Å². The van der Waals surface area contributed by atoms with Crippen molar-refractivity contribution in [3.05, 3.63) is 29.8 Å². The summed E-state index contributed by atoms with van der Waals surface area (Å²) in [6.45, 7) is 0. The molecular weight excluding hydrogens is 210 g/mol.